The molecule has 1 aromatic carbocycles. The molecule has 7 nitrogen and oxygen atoms in total. The Hall–Kier alpha value is -2.68. The number of aromatic carboxylic acids is 1. The SMILES string of the molecule is O=C(O)c1ccc(NS(=O)(=O)c2ncccc2F)cc1O. The Morgan fingerprint density at radius 2 is 2.00 bits per heavy atom. The number of halogens is 1. The lowest BCUT2D eigenvalue weighted by molar-refractivity contribution is 0.0694. The molecule has 0 aliphatic heterocycles. The van der Waals surface area contributed by atoms with Gasteiger partial charge in [-0.15, -0.1) is 0 Å². The number of carboxylic acids is 1. The minimum absolute atomic E-state index is 0.123. The number of aromatic nitrogens is 1. The molecule has 0 atom stereocenters. The molecule has 0 amide bonds. The average molecular weight is 312 g/mol. The number of sulfonamides is 1. The molecule has 1 aromatic heterocycles. The predicted molar refractivity (Wildman–Crippen MR) is 70.1 cm³/mol. The van der Waals surface area contributed by atoms with Crippen LogP contribution in [0.4, 0.5) is 10.1 Å². The summed E-state index contributed by atoms with van der Waals surface area (Å²) in [6, 6.07) is 5.22. The van der Waals surface area contributed by atoms with Crippen molar-refractivity contribution < 1.29 is 27.8 Å². The molecule has 110 valence electrons. The number of aromatic hydroxyl groups is 1. The molecular weight excluding hydrogens is 303 g/mol. The molecule has 0 aliphatic carbocycles. The third-order valence-corrected chi connectivity index (χ3v) is 3.77. The van der Waals surface area contributed by atoms with Crippen LogP contribution >= 0.6 is 0 Å². The lowest BCUT2D eigenvalue weighted by Crippen LogP contribution is -2.16. The van der Waals surface area contributed by atoms with E-state index in [1.807, 2.05) is 4.72 Å². The van der Waals surface area contributed by atoms with Gasteiger partial charge in [-0.25, -0.2) is 14.2 Å². The van der Waals surface area contributed by atoms with Crippen molar-refractivity contribution in [2.45, 2.75) is 5.03 Å². The lowest BCUT2D eigenvalue weighted by atomic mass is 10.2. The highest BCUT2D eigenvalue weighted by Crippen LogP contribution is 2.24. The van der Waals surface area contributed by atoms with E-state index in [9.17, 15) is 22.7 Å². The maximum Gasteiger partial charge on any atom is 0.339 e. The molecule has 1 heterocycles. The largest absolute Gasteiger partial charge is 0.507 e. The van der Waals surface area contributed by atoms with Crippen LogP contribution in [0.3, 0.4) is 0 Å². The second-order valence-corrected chi connectivity index (χ2v) is 5.53. The maximum atomic E-state index is 13.4. The number of hydrogen-bond donors (Lipinski definition) is 3. The molecule has 2 aromatic rings. The summed E-state index contributed by atoms with van der Waals surface area (Å²) < 4.78 is 39.3. The summed E-state index contributed by atoms with van der Waals surface area (Å²) in [5.74, 6) is -3.02. The Labute approximate surface area is 118 Å². The average Bonchev–Trinajstić information content (AvgIpc) is 2.38. The highest BCUT2D eigenvalue weighted by Gasteiger charge is 2.21. The van der Waals surface area contributed by atoms with Crippen molar-refractivity contribution in [1.29, 1.82) is 0 Å². The first-order chi connectivity index (χ1) is 9.81. The first-order valence-corrected chi connectivity index (χ1v) is 6.99. The van der Waals surface area contributed by atoms with E-state index in [4.69, 9.17) is 5.11 Å². The highest BCUT2D eigenvalue weighted by atomic mass is 32.2. The molecule has 0 spiro atoms. The van der Waals surface area contributed by atoms with Crippen molar-refractivity contribution in [3.63, 3.8) is 0 Å². The molecule has 0 unspecified atom stereocenters. The van der Waals surface area contributed by atoms with Gasteiger partial charge in [0.25, 0.3) is 10.0 Å². The van der Waals surface area contributed by atoms with E-state index in [1.165, 1.54) is 6.07 Å². The van der Waals surface area contributed by atoms with Crippen LogP contribution in [0.2, 0.25) is 0 Å². The van der Waals surface area contributed by atoms with Crippen LogP contribution in [0.25, 0.3) is 0 Å². The van der Waals surface area contributed by atoms with Gasteiger partial charge in [0.2, 0.25) is 5.03 Å². The van der Waals surface area contributed by atoms with E-state index >= 15 is 0 Å². The van der Waals surface area contributed by atoms with Gasteiger partial charge in [0.1, 0.15) is 11.3 Å². The van der Waals surface area contributed by atoms with Gasteiger partial charge in [-0.1, -0.05) is 0 Å². The van der Waals surface area contributed by atoms with Crippen LogP contribution in [-0.2, 0) is 10.0 Å². The number of pyridine rings is 1. The molecule has 21 heavy (non-hydrogen) atoms. The van der Waals surface area contributed by atoms with Gasteiger partial charge in [-0.05, 0) is 24.3 Å². The summed E-state index contributed by atoms with van der Waals surface area (Å²) in [6.45, 7) is 0. The van der Waals surface area contributed by atoms with Gasteiger partial charge in [0, 0.05) is 12.3 Å². The maximum absolute atomic E-state index is 13.4. The Morgan fingerprint density at radius 3 is 2.57 bits per heavy atom. The molecule has 0 aliphatic rings. The zero-order chi connectivity index (χ0) is 15.6. The Morgan fingerprint density at radius 1 is 1.29 bits per heavy atom. The Kier molecular flexibility index (Phi) is 3.76. The number of rotatable bonds is 4. The number of carboxylic acid groups (broad SMARTS) is 1. The molecule has 9 heteroatoms. The predicted octanol–water partition coefficient (Wildman–Crippen LogP) is 1.43. The fourth-order valence-electron chi connectivity index (χ4n) is 1.55. The van der Waals surface area contributed by atoms with Crippen molar-refractivity contribution in [3.8, 4) is 5.75 Å². The van der Waals surface area contributed by atoms with E-state index in [-0.39, 0.29) is 11.3 Å². The fraction of sp³-hybridized carbons (Fsp3) is 0. The van der Waals surface area contributed by atoms with Crippen LogP contribution < -0.4 is 4.72 Å². The summed E-state index contributed by atoms with van der Waals surface area (Å²) in [7, 11) is -4.29. The summed E-state index contributed by atoms with van der Waals surface area (Å²) >= 11 is 0. The van der Waals surface area contributed by atoms with Gasteiger partial charge in [-0.3, -0.25) is 4.72 Å². The zero-order valence-electron chi connectivity index (χ0n) is 10.3. The number of phenols is 1. The lowest BCUT2D eigenvalue weighted by Gasteiger charge is -2.09. The quantitative estimate of drug-likeness (QED) is 0.786. The van der Waals surface area contributed by atoms with Gasteiger partial charge in [-0.2, -0.15) is 8.42 Å². The monoisotopic (exact) mass is 312 g/mol. The van der Waals surface area contributed by atoms with E-state index < -0.39 is 32.6 Å². The topological polar surface area (TPSA) is 117 Å². The van der Waals surface area contributed by atoms with Crippen LogP contribution in [0.1, 0.15) is 10.4 Å². The fourth-order valence-corrected chi connectivity index (χ4v) is 2.61. The minimum atomic E-state index is -4.29. The third kappa shape index (κ3) is 3.08. The number of hydrogen-bond acceptors (Lipinski definition) is 5. The summed E-state index contributed by atoms with van der Waals surface area (Å²) in [6.07, 6.45) is 1.11. The van der Waals surface area contributed by atoms with Gasteiger partial charge >= 0.3 is 5.97 Å². The molecule has 3 N–H and O–H groups in total. The minimum Gasteiger partial charge on any atom is -0.507 e. The van der Waals surface area contributed by atoms with Gasteiger partial charge < -0.3 is 10.2 Å². The van der Waals surface area contributed by atoms with E-state index in [1.54, 1.807) is 0 Å². The second-order valence-electron chi connectivity index (χ2n) is 3.93. The van der Waals surface area contributed by atoms with Gasteiger partial charge in [0.15, 0.2) is 5.82 Å². The van der Waals surface area contributed by atoms with Crippen LogP contribution in [0, 0.1) is 5.82 Å². The van der Waals surface area contributed by atoms with Crippen LogP contribution in [0.15, 0.2) is 41.6 Å². The summed E-state index contributed by atoms with van der Waals surface area (Å²) in [5.41, 5.74) is -0.510. The first kappa shape index (κ1) is 14.7. The number of nitrogens with one attached hydrogen (secondary N) is 1. The molecule has 0 saturated heterocycles. The van der Waals surface area contributed by atoms with E-state index in [0.717, 1.165) is 30.5 Å². The number of nitrogens with zero attached hydrogens (tertiary/aromatic N) is 1. The smallest absolute Gasteiger partial charge is 0.339 e. The van der Waals surface area contributed by atoms with Crippen molar-refractivity contribution in [2.75, 3.05) is 4.72 Å². The molecule has 0 bridgehead atoms. The Bertz CT molecular complexity index is 807. The molecule has 2 rings (SSSR count). The van der Waals surface area contributed by atoms with Crippen molar-refractivity contribution in [2.24, 2.45) is 0 Å². The number of carbonyl (C=O) groups is 1. The molecule has 0 fully saturated rings. The molecule has 0 saturated carbocycles. The first-order valence-electron chi connectivity index (χ1n) is 5.51. The van der Waals surface area contributed by atoms with Crippen molar-refractivity contribution in [1.82, 2.24) is 4.98 Å². The highest BCUT2D eigenvalue weighted by molar-refractivity contribution is 7.92. The van der Waals surface area contributed by atoms with E-state index in [2.05, 4.69) is 4.98 Å². The third-order valence-electron chi connectivity index (χ3n) is 2.46. The summed E-state index contributed by atoms with van der Waals surface area (Å²) in [5, 5.41) is 17.4. The Balaban J connectivity index is 2.36. The second kappa shape index (κ2) is 5.37. The van der Waals surface area contributed by atoms with Crippen LogP contribution in [0.5, 0.6) is 5.75 Å². The van der Waals surface area contributed by atoms with Crippen LogP contribution in [-0.4, -0.2) is 29.6 Å². The van der Waals surface area contributed by atoms with Crippen molar-refractivity contribution >= 4 is 21.7 Å². The summed E-state index contributed by atoms with van der Waals surface area (Å²) in [4.78, 5) is 14.2. The number of anilines is 1. The zero-order valence-corrected chi connectivity index (χ0v) is 11.1. The molecular formula is C12H9FN2O5S. The number of benzene rings is 1. The van der Waals surface area contributed by atoms with Gasteiger partial charge in [0.05, 0.1) is 5.69 Å². The van der Waals surface area contributed by atoms with Crippen molar-refractivity contribution in [3.05, 3.63) is 47.9 Å². The standard InChI is InChI=1S/C12H9FN2O5S/c13-9-2-1-5-14-11(9)21(19,20)15-7-3-4-8(12(17)18)10(16)6-7/h1-6,15-16H,(H,17,18). The normalized spacial score (nSPS) is 11.1. The molecule has 0 radical (unpaired) electrons. The van der Waals surface area contributed by atoms with E-state index in [0.29, 0.717) is 0 Å².